The number of alkyl halides is 2. The van der Waals surface area contributed by atoms with Crippen LogP contribution in [0.2, 0.25) is 0 Å². The molecule has 182 valence electrons. The Morgan fingerprint density at radius 3 is 2.69 bits per heavy atom. The quantitative estimate of drug-likeness (QED) is 0.455. The van der Waals surface area contributed by atoms with E-state index in [1.807, 2.05) is 46.8 Å². The number of hydrogen-bond acceptors (Lipinski definition) is 5. The van der Waals surface area contributed by atoms with Gasteiger partial charge < -0.3 is 9.47 Å². The van der Waals surface area contributed by atoms with Crippen molar-refractivity contribution in [1.82, 2.24) is 19.7 Å². The van der Waals surface area contributed by atoms with Crippen molar-refractivity contribution in [3.8, 4) is 0 Å². The van der Waals surface area contributed by atoms with Crippen molar-refractivity contribution in [2.24, 2.45) is 18.9 Å². The highest BCUT2D eigenvalue weighted by Crippen LogP contribution is 2.52. The molecule has 1 amide bonds. The summed E-state index contributed by atoms with van der Waals surface area (Å²) in [5.74, 6) is -3.55. The van der Waals surface area contributed by atoms with Gasteiger partial charge in [-0.25, -0.2) is 8.78 Å². The van der Waals surface area contributed by atoms with Gasteiger partial charge in [-0.05, 0) is 48.2 Å². The lowest BCUT2D eigenvalue weighted by atomic mass is 9.67. The summed E-state index contributed by atoms with van der Waals surface area (Å²) in [5, 5.41) is 9.08. The molecule has 9 heteroatoms. The lowest BCUT2D eigenvalue weighted by Crippen LogP contribution is -2.62. The first kappa shape index (κ1) is 22.7. The van der Waals surface area contributed by atoms with Gasteiger partial charge >= 0.3 is 0 Å². The van der Waals surface area contributed by atoms with Gasteiger partial charge in [0.25, 0.3) is 11.8 Å². The Morgan fingerprint density at radius 1 is 1.17 bits per heavy atom. The molecule has 35 heavy (non-hydrogen) atoms. The standard InChI is InChI=1S/C26H27F2N5OS/c1-16(35-25-30-29-15-31(25)2)18-4-3-5-22(9-18)33-12-19-7-6-17(8-23(19)24(33)34)11-32-13-20-10-21(14-32)26(20,27)28/h3-9,15-16,20-21H,10-14H2,1-2H3. The number of fused-ring (bicyclic) bond motifs is 3. The van der Waals surface area contributed by atoms with Crippen molar-refractivity contribution < 1.29 is 13.6 Å². The zero-order valence-corrected chi connectivity index (χ0v) is 20.5. The van der Waals surface area contributed by atoms with E-state index in [2.05, 4.69) is 34.2 Å². The highest BCUT2D eigenvalue weighted by molar-refractivity contribution is 7.99. The van der Waals surface area contributed by atoms with Crippen LogP contribution in [0.3, 0.4) is 0 Å². The van der Waals surface area contributed by atoms with E-state index < -0.39 is 17.8 Å². The van der Waals surface area contributed by atoms with Crippen molar-refractivity contribution in [3.05, 3.63) is 71.0 Å². The second-order valence-electron chi connectivity index (χ2n) is 9.96. The summed E-state index contributed by atoms with van der Waals surface area (Å²) in [6.45, 7) is 4.11. The maximum atomic E-state index is 13.9. The summed E-state index contributed by atoms with van der Waals surface area (Å²) in [5.41, 5.74) is 4.70. The van der Waals surface area contributed by atoms with Crippen molar-refractivity contribution in [1.29, 1.82) is 0 Å². The summed E-state index contributed by atoms with van der Waals surface area (Å²) >= 11 is 1.63. The molecular formula is C26H27F2N5OS. The molecule has 7 rings (SSSR count). The van der Waals surface area contributed by atoms with Crippen molar-refractivity contribution in [3.63, 3.8) is 0 Å². The van der Waals surface area contributed by atoms with Crippen LogP contribution < -0.4 is 4.90 Å². The van der Waals surface area contributed by atoms with Gasteiger partial charge in [0.1, 0.15) is 6.33 Å². The maximum Gasteiger partial charge on any atom is 0.258 e. The third kappa shape index (κ3) is 3.94. The van der Waals surface area contributed by atoms with Gasteiger partial charge in [-0.3, -0.25) is 9.69 Å². The smallest absolute Gasteiger partial charge is 0.258 e. The van der Waals surface area contributed by atoms with Gasteiger partial charge in [-0.15, -0.1) is 10.2 Å². The van der Waals surface area contributed by atoms with E-state index in [0.29, 0.717) is 38.2 Å². The number of piperidine rings is 2. The monoisotopic (exact) mass is 495 g/mol. The molecule has 4 heterocycles. The SMILES string of the molecule is CC(Sc1nncn1C)c1cccc(N2Cc3ccc(CN4CC5CC(C4)C5(F)F)cc3C2=O)c1. The van der Waals surface area contributed by atoms with E-state index in [9.17, 15) is 13.6 Å². The van der Waals surface area contributed by atoms with E-state index >= 15 is 0 Å². The van der Waals surface area contributed by atoms with Crippen LogP contribution in [0.15, 0.2) is 53.9 Å². The number of anilines is 1. The van der Waals surface area contributed by atoms with Crippen LogP contribution in [0.25, 0.3) is 0 Å². The molecule has 6 nitrogen and oxygen atoms in total. The number of aryl methyl sites for hydroxylation is 1. The fraction of sp³-hybridized carbons (Fsp3) is 0.423. The predicted molar refractivity (Wildman–Crippen MR) is 130 cm³/mol. The van der Waals surface area contributed by atoms with Crippen molar-refractivity contribution >= 4 is 23.4 Å². The summed E-state index contributed by atoms with van der Waals surface area (Å²) < 4.78 is 29.7. The molecule has 3 fully saturated rings. The van der Waals surface area contributed by atoms with Gasteiger partial charge in [-0.1, -0.05) is 36.0 Å². The molecule has 0 N–H and O–H groups in total. The Labute approximate surface area is 207 Å². The predicted octanol–water partition coefficient (Wildman–Crippen LogP) is 4.92. The Kier molecular flexibility index (Phi) is 5.45. The molecule has 1 aliphatic carbocycles. The van der Waals surface area contributed by atoms with E-state index in [4.69, 9.17) is 0 Å². The van der Waals surface area contributed by atoms with Crippen LogP contribution in [-0.4, -0.2) is 44.6 Å². The number of thioether (sulfide) groups is 1. The van der Waals surface area contributed by atoms with Gasteiger partial charge in [0.2, 0.25) is 0 Å². The molecule has 3 aromatic rings. The number of carbonyl (C=O) groups excluding carboxylic acids is 1. The van der Waals surface area contributed by atoms with E-state index in [-0.39, 0.29) is 11.2 Å². The number of nitrogens with zero attached hydrogens (tertiary/aromatic N) is 5. The first-order valence-corrected chi connectivity index (χ1v) is 12.8. The molecule has 1 saturated carbocycles. The number of halogens is 2. The van der Waals surface area contributed by atoms with E-state index in [1.54, 1.807) is 18.1 Å². The molecule has 3 unspecified atom stereocenters. The minimum absolute atomic E-state index is 0.0133. The summed E-state index contributed by atoms with van der Waals surface area (Å²) in [4.78, 5) is 17.3. The van der Waals surface area contributed by atoms with Gasteiger partial charge in [-0.2, -0.15) is 0 Å². The summed E-state index contributed by atoms with van der Waals surface area (Å²) in [7, 11) is 1.92. The molecule has 2 saturated heterocycles. The van der Waals surface area contributed by atoms with Gasteiger partial charge in [0.15, 0.2) is 5.16 Å². The fourth-order valence-electron chi connectivity index (χ4n) is 5.51. The van der Waals surface area contributed by atoms with E-state index in [0.717, 1.165) is 27.5 Å². The molecule has 0 spiro atoms. The average Bonchev–Trinajstić information content (AvgIpc) is 3.41. The highest BCUT2D eigenvalue weighted by Gasteiger charge is 2.60. The van der Waals surface area contributed by atoms with Crippen LogP contribution in [0.1, 0.15) is 45.6 Å². The zero-order valence-electron chi connectivity index (χ0n) is 19.7. The normalized spacial score (nSPS) is 23.8. The minimum atomic E-state index is -2.50. The lowest BCUT2D eigenvalue weighted by molar-refractivity contribution is -0.227. The number of carbonyl (C=O) groups is 1. The average molecular weight is 496 g/mol. The van der Waals surface area contributed by atoms with Crippen LogP contribution in [0.5, 0.6) is 0 Å². The van der Waals surface area contributed by atoms with Crippen molar-refractivity contribution in [2.45, 2.75) is 42.8 Å². The number of benzene rings is 2. The van der Waals surface area contributed by atoms with Crippen LogP contribution in [0, 0.1) is 11.8 Å². The number of aromatic nitrogens is 3. The minimum Gasteiger partial charge on any atom is -0.312 e. The van der Waals surface area contributed by atoms with Gasteiger partial charge in [0, 0.05) is 55.0 Å². The van der Waals surface area contributed by atoms with Crippen LogP contribution >= 0.6 is 11.8 Å². The molecule has 3 atom stereocenters. The molecule has 2 aromatic carbocycles. The van der Waals surface area contributed by atoms with Crippen LogP contribution in [0.4, 0.5) is 14.5 Å². The molecule has 2 bridgehead atoms. The zero-order chi connectivity index (χ0) is 24.3. The Bertz CT molecular complexity index is 1280. The summed E-state index contributed by atoms with van der Waals surface area (Å²) in [6, 6.07) is 14.1. The first-order valence-electron chi connectivity index (χ1n) is 11.9. The lowest BCUT2D eigenvalue weighted by Gasteiger charge is -2.53. The van der Waals surface area contributed by atoms with Crippen LogP contribution in [-0.2, 0) is 20.1 Å². The third-order valence-corrected chi connectivity index (χ3v) is 8.81. The Morgan fingerprint density at radius 2 is 1.97 bits per heavy atom. The maximum absolute atomic E-state index is 13.9. The molecule has 1 aromatic heterocycles. The number of rotatable bonds is 6. The second-order valence-corrected chi connectivity index (χ2v) is 11.3. The third-order valence-electron chi connectivity index (χ3n) is 7.60. The topological polar surface area (TPSA) is 54.3 Å². The van der Waals surface area contributed by atoms with Crippen molar-refractivity contribution in [2.75, 3.05) is 18.0 Å². The Hall–Kier alpha value is -2.78. The summed E-state index contributed by atoms with van der Waals surface area (Å²) in [6.07, 6.45) is 2.32. The number of amides is 1. The largest absolute Gasteiger partial charge is 0.312 e. The first-order chi connectivity index (χ1) is 16.8. The highest BCUT2D eigenvalue weighted by atomic mass is 32.2. The second kappa shape index (κ2) is 8.41. The molecule has 0 radical (unpaired) electrons. The molecule has 3 aliphatic heterocycles. The number of hydrogen-bond donors (Lipinski definition) is 0. The molecule has 4 aliphatic rings. The molecular weight excluding hydrogens is 468 g/mol. The van der Waals surface area contributed by atoms with E-state index in [1.165, 1.54) is 0 Å². The van der Waals surface area contributed by atoms with Gasteiger partial charge in [0.05, 0.1) is 6.54 Å². The Balaban J connectivity index is 1.16. The fourth-order valence-corrected chi connectivity index (χ4v) is 6.42.